The third-order valence-electron chi connectivity index (χ3n) is 2.38. The van der Waals surface area contributed by atoms with E-state index in [-0.39, 0.29) is 14.8 Å². The smallest absolute Gasteiger partial charge is 0.207 e. The molecule has 1 aliphatic rings. The first-order valence-electron chi connectivity index (χ1n) is 4.43. The molecule has 0 spiro atoms. The molecule has 1 heterocycles. The van der Waals surface area contributed by atoms with Crippen LogP contribution >= 0.6 is 50.5 Å². The molecule has 1 N–H and O–H groups in total. The molecule has 0 aromatic carbocycles. The van der Waals surface area contributed by atoms with E-state index >= 15 is 0 Å². The first-order valence-corrected chi connectivity index (χ1v) is 8.61. The van der Waals surface area contributed by atoms with Crippen LogP contribution in [0.1, 0.15) is 12.8 Å². The van der Waals surface area contributed by atoms with E-state index in [4.69, 9.17) is 23.2 Å². The van der Waals surface area contributed by atoms with Crippen LogP contribution in [0.25, 0.3) is 0 Å². The molecule has 0 atom stereocenters. The van der Waals surface area contributed by atoms with E-state index < -0.39 is 10.0 Å². The van der Waals surface area contributed by atoms with Crippen LogP contribution in [0.4, 0.5) is 0 Å². The molecule has 90 valence electrons. The zero-order chi connectivity index (χ0) is 12.0. The zero-order valence-corrected chi connectivity index (χ0v) is 12.7. The summed E-state index contributed by atoms with van der Waals surface area (Å²) in [6, 6.07) is 1.38. The van der Waals surface area contributed by atoms with E-state index in [2.05, 4.69) is 20.7 Å². The second-order valence-electron chi connectivity index (χ2n) is 3.71. The molecular formula is C8H8BrCl2NO2S2. The fourth-order valence-electron chi connectivity index (χ4n) is 1.26. The number of thiophene rings is 1. The number of sulfonamides is 1. The van der Waals surface area contributed by atoms with Gasteiger partial charge in [0.25, 0.3) is 0 Å². The van der Waals surface area contributed by atoms with E-state index in [1.54, 1.807) is 0 Å². The van der Waals surface area contributed by atoms with Gasteiger partial charge in [-0.15, -0.1) is 11.3 Å². The number of halogens is 3. The molecule has 16 heavy (non-hydrogen) atoms. The molecular weight excluding hydrogens is 357 g/mol. The minimum absolute atomic E-state index is 0.0661. The predicted octanol–water partition coefficient (Wildman–Crippen LogP) is 3.26. The van der Waals surface area contributed by atoms with Gasteiger partial charge in [-0.2, -0.15) is 0 Å². The highest BCUT2D eigenvalue weighted by Gasteiger charge is 2.45. The normalized spacial score (nSPS) is 18.7. The molecule has 1 aliphatic carbocycles. The average molecular weight is 365 g/mol. The highest BCUT2D eigenvalue weighted by atomic mass is 79.9. The maximum Gasteiger partial charge on any atom is 0.243 e. The summed E-state index contributed by atoms with van der Waals surface area (Å²) in [5.74, 6) is 0. The second-order valence-corrected chi connectivity index (χ2v) is 8.21. The summed E-state index contributed by atoms with van der Waals surface area (Å²) in [6.07, 6.45) is 1.68. The van der Waals surface area contributed by atoms with Gasteiger partial charge in [-0.3, -0.25) is 0 Å². The van der Waals surface area contributed by atoms with E-state index in [0.29, 0.717) is 9.67 Å². The Labute approximate surface area is 116 Å². The van der Waals surface area contributed by atoms with Crippen LogP contribution in [0.5, 0.6) is 0 Å². The molecule has 0 aliphatic heterocycles. The standard InChI is InChI=1S/C8H8BrCl2NO2S2/c9-4-8(1-2-8)12-16(13,14)5-3-6(10)15-7(5)11/h3,12H,1-2,4H2. The summed E-state index contributed by atoms with van der Waals surface area (Å²) in [5, 5.41) is 0.606. The van der Waals surface area contributed by atoms with E-state index in [1.807, 2.05) is 0 Å². The first kappa shape index (κ1) is 13.1. The minimum atomic E-state index is -3.56. The van der Waals surface area contributed by atoms with Crippen molar-refractivity contribution in [3.8, 4) is 0 Å². The van der Waals surface area contributed by atoms with Crippen LogP contribution in [0.15, 0.2) is 11.0 Å². The third-order valence-corrected chi connectivity index (χ3v) is 6.78. The number of alkyl halides is 1. The van der Waals surface area contributed by atoms with Gasteiger partial charge in [0.1, 0.15) is 9.23 Å². The van der Waals surface area contributed by atoms with Crippen molar-refractivity contribution in [2.45, 2.75) is 23.3 Å². The summed E-state index contributed by atoms with van der Waals surface area (Å²) >= 11 is 15.9. The first-order chi connectivity index (χ1) is 7.38. The molecule has 2 rings (SSSR count). The van der Waals surface area contributed by atoms with E-state index in [0.717, 1.165) is 24.2 Å². The molecule has 3 nitrogen and oxygen atoms in total. The Morgan fingerprint density at radius 1 is 1.50 bits per heavy atom. The molecule has 0 bridgehead atoms. The van der Waals surface area contributed by atoms with Gasteiger partial charge in [-0.1, -0.05) is 39.1 Å². The SMILES string of the molecule is O=S(=O)(NC1(CBr)CC1)c1cc(Cl)sc1Cl. The molecule has 0 radical (unpaired) electrons. The molecule has 0 saturated heterocycles. The summed E-state index contributed by atoms with van der Waals surface area (Å²) in [5.41, 5.74) is -0.337. The lowest BCUT2D eigenvalue weighted by molar-refractivity contribution is 0.561. The molecule has 1 aromatic rings. The molecule has 0 unspecified atom stereocenters. The van der Waals surface area contributed by atoms with Crippen molar-refractivity contribution in [3.63, 3.8) is 0 Å². The van der Waals surface area contributed by atoms with Gasteiger partial charge in [-0.05, 0) is 18.9 Å². The van der Waals surface area contributed by atoms with Crippen LogP contribution < -0.4 is 4.72 Å². The van der Waals surface area contributed by atoms with Crippen LogP contribution in [0.2, 0.25) is 8.67 Å². The van der Waals surface area contributed by atoms with Crippen LogP contribution in [-0.4, -0.2) is 19.3 Å². The Morgan fingerprint density at radius 3 is 2.50 bits per heavy atom. The van der Waals surface area contributed by atoms with Crippen LogP contribution in [0.3, 0.4) is 0 Å². The Hall–Kier alpha value is 0.670. The van der Waals surface area contributed by atoms with Crippen molar-refractivity contribution >= 4 is 60.5 Å². The van der Waals surface area contributed by atoms with Crippen molar-refractivity contribution in [1.29, 1.82) is 0 Å². The Bertz CT molecular complexity index is 510. The van der Waals surface area contributed by atoms with Crippen LogP contribution in [-0.2, 0) is 10.0 Å². The topological polar surface area (TPSA) is 46.2 Å². The lowest BCUT2D eigenvalue weighted by Gasteiger charge is -2.13. The van der Waals surface area contributed by atoms with E-state index in [9.17, 15) is 8.42 Å². The van der Waals surface area contributed by atoms with Crippen molar-refractivity contribution in [3.05, 3.63) is 14.7 Å². The molecule has 0 amide bonds. The molecule has 1 aromatic heterocycles. The van der Waals surface area contributed by atoms with E-state index in [1.165, 1.54) is 6.07 Å². The van der Waals surface area contributed by atoms with Gasteiger partial charge >= 0.3 is 0 Å². The van der Waals surface area contributed by atoms with Crippen molar-refractivity contribution < 1.29 is 8.42 Å². The maximum atomic E-state index is 12.0. The van der Waals surface area contributed by atoms with Gasteiger partial charge in [0.15, 0.2) is 0 Å². The average Bonchev–Trinajstić information content (AvgIpc) is 2.85. The number of rotatable bonds is 4. The largest absolute Gasteiger partial charge is 0.243 e. The summed E-state index contributed by atoms with van der Waals surface area (Å²) in [7, 11) is -3.56. The molecule has 1 saturated carbocycles. The third kappa shape index (κ3) is 2.57. The monoisotopic (exact) mass is 363 g/mol. The summed E-state index contributed by atoms with van der Waals surface area (Å²) in [4.78, 5) is 0.0661. The highest BCUT2D eigenvalue weighted by molar-refractivity contribution is 9.09. The quantitative estimate of drug-likeness (QED) is 0.833. The van der Waals surface area contributed by atoms with Crippen molar-refractivity contribution in [2.24, 2.45) is 0 Å². The molecule has 8 heteroatoms. The maximum absolute atomic E-state index is 12.0. The zero-order valence-electron chi connectivity index (χ0n) is 7.97. The van der Waals surface area contributed by atoms with Gasteiger partial charge in [-0.25, -0.2) is 13.1 Å². The number of hydrogen-bond acceptors (Lipinski definition) is 3. The Morgan fingerprint density at radius 2 is 2.12 bits per heavy atom. The molecule has 1 fully saturated rings. The fourth-order valence-corrected chi connectivity index (χ4v) is 5.76. The number of hydrogen-bond donors (Lipinski definition) is 1. The highest BCUT2D eigenvalue weighted by Crippen LogP contribution is 2.40. The van der Waals surface area contributed by atoms with Crippen molar-refractivity contribution in [1.82, 2.24) is 4.72 Å². The second kappa shape index (κ2) is 4.40. The lowest BCUT2D eigenvalue weighted by Crippen LogP contribution is -2.37. The van der Waals surface area contributed by atoms with Gasteiger partial charge in [0, 0.05) is 10.9 Å². The van der Waals surface area contributed by atoms with Crippen molar-refractivity contribution in [2.75, 3.05) is 5.33 Å². The minimum Gasteiger partial charge on any atom is -0.207 e. The van der Waals surface area contributed by atoms with Gasteiger partial charge in [0.2, 0.25) is 10.0 Å². The predicted molar refractivity (Wildman–Crippen MR) is 70.4 cm³/mol. The van der Waals surface area contributed by atoms with Crippen LogP contribution in [0, 0.1) is 0 Å². The summed E-state index contributed by atoms with van der Waals surface area (Å²) < 4.78 is 27.2. The lowest BCUT2D eigenvalue weighted by atomic mass is 10.4. The fraction of sp³-hybridized carbons (Fsp3) is 0.500. The van der Waals surface area contributed by atoms with Gasteiger partial charge in [0.05, 0.1) is 4.34 Å². The van der Waals surface area contributed by atoms with Gasteiger partial charge < -0.3 is 0 Å². The Kier molecular flexibility index (Phi) is 3.61. The summed E-state index contributed by atoms with van der Waals surface area (Å²) in [6.45, 7) is 0. The Balaban J connectivity index is 2.29. The number of nitrogens with one attached hydrogen (secondary N) is 1.